The largest absolute Gasteiger partial charge is 0.465 e. The fourth-order valence-corrected chi connectivity index (χ4v) is 6.13. The van der Waals surface area contributed by atoms with Gasteiger partial charge >= 0.3 is 5.97 Å². The molecular weight excluding hydrogens is 452 g/mol. The lowest BCUT2D eigenvalue weighted by molar-refractivity contribution is -0.146. The molecule has 2 aliphatic carbocycles. The van der Waals surface area contributed by atoms with Gasteiger partial charge in [0.2, 0.25) is 0 Å². The van der Waals surface area contributed by atoms with Crippen LogP contribution in [0.25, 0.3) is 4.91 Å². The molecule has 0 saturated heterocycles. The van der Waals surface area contributed by atoms with Gasteiger partial charge in [0.05, 0.1) is 18.2 Å². The summed E-state index contributed by atoms with van der Waals surface area (Å²) in [6.07, 6.45) is 5.80. The predicted molar refractivity (Wildman–Crippen MR) is 134 cm³/mol. The minimum atomic E-state index is -0.464. The summed E-state index contributed by atoms with van der Waals surface area (Å²) in [7, 11) is 0. The van der Waals surface area contributed by atoms with Crippen molar-refractivity contribution in [1.29, 1.82) is 0 Å². The van der Waals surface area contributed by atoms with E-state index in [1.165, 1.54) is 27.2 Å². The molecule has 0 bridgehead atoms. The molecule has 1 unspecified atom stereocenters. The van der Waals surface area contributed by atoms with Crippen molar-refractivity contribution in [3.63, 3.8) is 0 Å². The molecule has 4 nitrogen and oxygen atoms in total. The van der Waals surface area contributed by atoms with Gasteiger partial charge in [0.25, 0.3) is 0 Å². The highest BCUT2D eigenvalue weighted by Crippen LogP contribution is 2.54. The number of allylic oxidation sites excluding steroid dienone is 1. The van der Waals surface area contributed by atoms with E-state index in [2.05, 4.69) is 55.5 Å². The Balaban J connectivity index is 1.51. The van der Waals surface area contributed by atoms with Crippen LogP contribution in [0.5, 0.6) is 0 Å². The fourth-order valence-electron chi connectivity index (χ4n) is 4.80. The van der Waals surface area contributed by atoms with Gasteiger partial charge in [0, 0.05) is 39.0 Å². The smallest absolute Gasteiger partial charge is 0.316 e. The molecule has 1 heterocycles. The zero-order valence-corrected chi connectivity index (χ0v) is 20.7. The highest BCUT2D eigenvalue weighted by atomic mass is 35.5. The maximum absolute atomic E-state index is 12.6. The molecule has 1 aromatic heterocycles. The van der Waals surface area contributed by atoms with Crippen molar-refractivity contribution < 1.29 is 9.53 Å². The van der Waals surface area contributed by atoms with E-state index in [-0.39, 0.29) is 11.9 Å². The molecule has 0 N–H and O–H groups in total. The molecule has 0 radical (unpaired) electrons. The van der Waals surface area contributed by atoms with Gasteiger partial charge in [0.1, 0.15) is 0 Å². The Morgan fingerprint density at radius 2 is 2.06 bits per heavy atom. The van der Waals surface area contributed by atoms with E-state index in [1.807, 2.05) is 29.9 Å². The molecular formula is C27H27ClN2O2S. The number of hydrogen-bond donors (Lipinski definition) is 0. The second-order valence-corrected chi connectivity index (χ2v) is 10.3. The van der Waals surface area contributed by atoms with E-state index < -0.39 is 5.41 Å². The van der Waals surface area contributed by atoms with Crippen molar-refractivity contribution in [3.8, 4) is 0 Å². The summed E-state index contributed by atoms with van der Waals surface area (Å²) < 4.78 is 7.33. The van der Waals surface area contributed by atoms with Crippen molar-refractivity contribution in [1.82, 2.24) is 9.78 Å². The molecule has 0 spiro atoms. The summed E-state index contributed by atoms with van der Waals surface area (Å²) in [5, 5.41) is 5.25. The fraction of sp³-hybridized carbons (Fsp3) is 0.333. The highest BCUT2D eigenvalue weighted by Gasteiger charge is 2.52. The number of halogens is 1. The monoisotopic (exact) mass is 478 g/mol. The molecule has 1 fully saturated rings. The van der Waals surface area contributed by atoms with Crippen molar-refractivity contribution in [2.75, 3.05) is 6.61 Å². The average Bonchev–Trinajstić information content (AvgIpc) is 3.43. The number of carbonyl (C=O) groups excluding carboxylic acids is 1. The highest BCUT2D eigenvalue weighted by molar-refractivity contribution is 8.08. The molecule has 5 rings (SSSR count). The van der Waals surface area contributed by atoms with E-state index in [0.717, 1.165) is 34.9 Å². The maximum Gasteiger partial charge on any atom is 0.316 e. The van der Waals surface area contributed by atoms with Gasteiger partial charge in [-0.2, -0.15) is 5.10 Å². The minimum Gasteiger partial charge on any atom is -0.465 e. The van der Waals surface area contributed by atoms with Crippen LogP contribution in [0, 0.1) is 0 Å². The number of benzene rings is 2. The first-order chi connectivity index (χ1) is 16.0. The lowest BCUT2D eigenvalue weighted by Crippen LogP contribution is -2.23. The number of aryl methyl sites for hydroxylation is 1. The van der Waals surface area contributed by atoms with Crippen molar-refractivity contribution in [3.05, 3.63) is 87.7 Å². The lowest BCUT2D eigenvalue weighted by Gasteiger charge is -2.15. The molecule has 170 valence electrons. The van der Waals surface area contributed by atoms with Gasteiger partial charge in [-0.25, -0.2) is 0 Å². The van der Waals surface area contributed by atoms with Crippen LogP contribution < -0.4 is 0 Å². The van der Waals surface area contributed by atoms with E-state index in [1.54, 1.807) is 11.8 Å². The van der Waals surface area contributed by atoms with Gasteiger partial charge in [-0.05, 0) is 80.1 Å². The Hall–Kier alpha value is -2.50. The second kappa shape index (κ2) is 8.69. The van der Waals surface area contributed by atoms with Crippen LogP contribution in [0.2, 0.25) is 5.02 Å². The summed E-state index contributed by atoms with van der Waals surface area (Å²) in [6.45, 7) is 7.41. The van der Waals surface area contributed by atoms with Crippen LogP contribution in [0.3, 0.4) is 0 Å². The molecule has 0 aliphatic heterocycles. The van der Waals surface area contributed by atoms with Crippen LogP contribution in [0.4, 0.5) is 0 Å². The molecule has 0 amide bonds. The number of thioether (sulfide) groups is 1. The van der Waals surface area contributed by atoms with Crippen LogP contribution >= 0.6 is 23.4 Å². The molecule has 1 atom stereocenters. The topological polar surface area (TPSA) is 44.1 Å². The number of nitrogens with zero attached hydrogens (tertiary/aromatic N) is 2. The second-order valence-electron chi connectivity index (χ2n) is 8.74. The van der Waals surface area contributed by atoms with Gasteiger partial charge in [-0.15, -0.1) is 0 Å². The standard InChI is InChI=1S/C27H27ClN2O2S/c1-4-30-16-18(15-29-30)24-17(3)25(22-10-9-20(28)14-23(22)24)33-21-8-6-7-19(13-21)27(11-12-27)26(31)32-5-2/h6-10,13-16,24H,4-5,11-12H2,1-3H3. The zero-order valence-electron chi connectivity index (χ0n) is 19.1. The maximum atomic E-state index is 12.6. The third-order valence-electron chi connectivity index (χ3n) is 6.69. The first-order valence-corrected chi connectivity index (χ1v) is 12.6. The van der Waals surface area contributed by atoms with Crippen LogP contribution in [-0.2, 0) is 21.5 Å². The third kappa shape index (κ3) is 3.91. The van der Waals surface area contributed by atoms with E-state index in [9.17, 15) is 4.79 Å². The van der Waals surface area contributed by atoms with E-state index in [4.69, 9.17) is 16.3 Å². The lowest BCUT2D eigenvalue weighted by atomic mass is 9.91. The van der Waals surface area contributed by atoms with Crippen LogP contribution in [-0.4, -0.2) is 22.4 Å². The van der Waals surface area contributed by atoms with Crippen LogP contribution in [0.15, 0.2) is 65.3 Å². The minimum absolute atomic E-state index is 0.101. The number of esters is 1. The number of ether oxygens (including phenoxy) is 1. The Labute approximate surface area is 204 Å². The third-order valence-corrected chi connectivity index (χ3v) is 8.16. The van der Waals surface area contributed by atoms with E-state index >= 15 is 0 Å². The number of carbonyl (C=O) groups is 1. The first kappa shape index (κ1) is 22.3. The Kier molecular flexibility index (Phi) is 5.87. The predicted octanol–water partition coefficient (Wildman–Crippen LogP) is 6.82. The van der Waals surface area contributed by atoms with Gasteiger partial charge < -0.3 is 4.74 Å². The molecule has 1 saturated carbocycles. The summed E-state index contributed by atoms with van der Waals surface area (Å²) in [6, 6.07) is 14.5. The van der Waals surface area contributed by atoms with Crippen LogP contribution in [0.1, 0.15) is 61.8 Å². The normalized spacial score (nSPS) is 18.4. The van der Waals surface area contributed by atoms with Gasteiger partial charge in [-0.1, -0.05) is 41.6 Å². The molecule has 2 aliphatic rings. The van der Waals surface area contributed by atoms with Crippen molar-refractivity contribution in [2.45, 2.75) is 56.4 Å². The molecule has 2 aromatic carbocycles. The summed E-state index contributed by atoms with van der Waals surface area (Å²) in [5.41, 5.74) is 5.51. The van der Waals surface area contributed by atoms with Crippen molar-refractivity contribution in [2.24, 2.45) is 0 Å². The number of fused-ring (bicyclic) bond motifs is 1. The quantitative estimate of drug-likeness (QED) is 0.349. The SMILES string of the molecule is CCOC(=O)C1(c2cccc(SC3=C(C)C(c4cnn(CC)c4)c4cc(Cl)ccc43)c2)CC1. The number of aromatic nitrogens is 2. The molecule has 6 heteroatoms. The average molecular weight is 479 g/mol. The molecule has 33 heavy (non-hydrogen) atoms. The zero-order chi connectivity index (χ0) is 23.2. The van der Waals surface area contributed by atoms with Crippen molar-refractivity contribution >= 4 is 34.2 Å². The Morgan fingerprint density at radius 1 is 1.24 bits per heavy atom. The summed E-state index contributed by atoms with van der Waals surface area (Å²) in [4.78, 5) is 15.0. The van der Waals surface area contributed by atoms with Gasteiger partial charge in [0.15, 0.2) is 0 Å². The Morgan fingerprint density at radius 3 is 2.76 bits per heavy atom. The Bertz CT molecular complexity index is 1260. The van der Waals surface area contributed by atoms with E-state index in [0.29, 0.717) is 6.61 Å². The number of rotatable bonds is 7. The number of hydrogen-bond acceptors (Lipinski definition) is 4. The summed E-state index contributed by atoms with van der Waals surface area (Å²) in [5.74, 6) is 0.0374. The van der Waals surface area contributed by atoms with Gasteiger partial charge in [-0.3, -0.25) is 9.48 Å². The molecule has 3 aromatic rings. The first-order valence-electron chi connectivity index (χ1n) is 11.5. The summed E-state index contributed by atoms with van der Waals surface area (Å²) >= 11 is 8.17.